The second-order valence-electron chi connectivity index (χ2n) is 7.65. The number of nitrogens with one attached hydrogen (secondary N) is 1. The summed E-state index contributed by atoms with van der Waals surface area (Å²) in [6.07, 6.45) is 1.54. The van der Waals surface area contributed by atoms with Crippen LogP contribution < -0.4 is 9.62 Å². The number of nitrogens with zero attached hydrogens (tertiary/aromatic N) is 4. The van der Waals surface area contributed by atoms with E-state index in [4.69, 9.17) is 9.15 Å². The van der Waals surface area contributed by atoms with Crippen LogP contribution in [0, 0.1) is 0 Å². The van der Waals surface area contributed by atoms with Crippen LogP contribution in [-0.2, 0) is 14.8 Å². The molecule has 0 aliphatic carbocycles. The fraction of sp³-hybridized carbons (Fsp3) is 0.421. The molecule has 0 spiro atoms. The van der Waals surface area contributed by atoms with Gasteiger partial charge in [0, 0.05) is 38.3 Å². The maximum absolute atomic E-state index is 12.9. The number of methoxy groups -OCH3 is 1. The number of anilines is 1. The Bertz CT molecular complexity index is 1250. The van der Waals surface area contributed by atoms with Gasteiger partial charge in [-0.15, -0.1) is 11.3 Å². The molecule has 11 nitrogen and oxygen atoms in total. The Morgan fingerprint density at radius 2 is 2.16 bits per heavy atom. The van der Waals surface area contributed by atoms with E-state index in [9.17, 15) is 18.3 Å². The molecule has 2 atom stereocenters. The van der Waals surface area contributed by atoms with Gasteiger partial charge in [0.25, 0.3) is 6.01 Å². The smallest absolute Gasteiger partial charge is 0.407 e. The number of carbonyl (C=O) groups is 1. The van der Waals surface area contributed by atoms with Gasteiger partial charge in [0.05, 0.1) is 24.3 Å². The number of piperazine rings is 1. The zero-order chi connectivity index (χ0) is 22.5. The second-order valence-corrected chi connectivity index (χ2v) is 10.3. The van der Waals surface area contributed by atoms with Crippen molar-refractivity contribution in [1.82, 2.24) is 19.6 Å². The molecule has 2 bridgehead atoms. The largest absolute Gasteiger partial charge is 0.465 e. The standard InChI is InChI=1S/C19H21N5O6S2/c1-29-6-4-21-32(27,28)14-3-2-13(17-20-5-7-31-17)16-15(14)22-18(30-16)23-9-11-8-12(10-23)24(11)19(25)26/h2-3,5,7,11-12,21H,4,6,8-10H2,1H3,(H,25,26). The molecule has 13 heteroatoms. The van der Waals surface area contributed by atoms with E-state index in [1.54, 1.807) is 12.3 Å². The lowest BCUT2D eigenvalue weighted by molar-refractivity contribution is 0.0101. The molecular formula is C19H21N5O6S2. The van der Waals surface area contributed by atoms with Crippen molar-refractivity contribution in [3.05, 3.63) is 23.7 Å². The molecule has 1 amide bonds. The summed E-state index contributed by atoms with van der Waals surface area (Å²) >= 11 is 1.41. The number of thiazole rings is 1. The number of aromatic nitrogens is 2. The first-order chi connectivity index (χ1) is 15.4. The Labute approximate surface area is 187 Å². The number of carboxylic acid groups (broad SMARTS) is 1. The van der Waals surface area contributed by atoms with Crippen LogP contribution in [0.2, 0.25) is 0 Å². The number of rotatable bonds is 7. The van der Waals surface area contributed by atoms with Gasteiger partial charge in [-0.05, 0) is 18.6 Å². The lowest BCUT2D eigenvalue weighted by Gasteiger charge is -2.54. The summed E-state index contributed by atoms with van der Waals surface area (Å²) in [5, 5.41) is 11.9. The van der Waals surface area contributed by atoms with Crippen molar-refractivity contribution in [3.63, 3.8) is 0 Å². The van der Waals surface area contributed by atoms with Gasteiger partial charge in [-0.3, -0.25) is 4.90 Å². The molecule has 5 heterocycles. The van der Waals surface area contributed by atoms with Crippen molar-refractivity contribution in [2.75, 3.05) is 38.3 Å². The van der Waals surface area contributed by atoms with Crippen LogP contribution in [0.3, 0.4) is 0 Å². The summed E-state index contributed by atoms with van der Waals surface area (Å²) in [5.74, 6) is 0. The Balaban J connectivity index is 1.55. The minimum Gasteiger partial charge on any atom is -0.465 e. The van der Waals surface area contributed by atoms with Crippen molar-refractivity contribution in [1.29, 1.82) is 0 Å². The van der Waals surface area contributed by atoms with Gasteiger partial charge in [-0.1, -0.05) is 0 Å². The molecule has 6 rings (SSSR count). The second kappa shape index (κ2) is 7.99. The SMILES string of the molecule is COCCNS(=O)(=O)c1ccc(-c2nccs2)c2oc(N3CC4CC(C3)N4C(=O)O)nc12. The van der Waals surface area contributed by atoms with Gasteiger partial charge >= 0.3 is 6.09 Å². The molecular weight excluding hydrogens is 458 g/mol. The molecule has 3 saturated heterocycles. The number of sulfonamides is 1. The summed E-state index contributed by atoms with van der Waals surface area (Å²) in [5.41, 5.74) is 1.20. The maximum Gasteiger partial charge on any atom is 0.407 e. The highest BCUT2D eigenvalue weighted by atomic mass is 32.2. The summed E-state index contributed by atoms with van der Waals surface area (Å²) in [7, 11) is -2.36. The number of hydrogen-bond donors (Lipinski definition) is 2. The van der Waals surface area contributed by atoms with Crippen LogP contribution in [0.4, 0.5) is 10.8 Å². The van der Waals surface area contributed by atoms with Crippen LogP contribution in [0.5, 0.6) is 0 Å². The van der Waals surface area contributed by atoms with Crippen molar-refractivity contribution in [2.45, 2.75) is 23.4 Å². The highest BCUT2D eigenvalue weighted by Gasteiger charge is 2.48. The third-order valence-corrected chi connectivity index (χ3v) is 8.03. The van der Waals surface area contributed by atoms with Gasteiger partial charge < -0.3 is 19.2 Å². The number of piperidine rings is 1. The normalized spacial score (nSPS) is 20.5. The Morgan fingerprint density at radius 3 is 2.81 bits per heavy atom. The van der Waals surface area contributed by atoms with Crippen molar-refractivity contribution < 1.29 is 27.5 Å². The van der Waals surface area contributed by atoms with Crippen LogP contribution in [0.1, 0.15) is 6.42 Å². The monoisotopic (exact) mass is 479 g/mol. The third kappa shape index (κ3) is 3.50. The fourth-order valence-electron chi connectivity index (χ4n) is 4.28. The number of benzene rings is 1. The number of fused-ring (bicyclic) bond motifs is 3. The topological polar surface area (TPSA) is 138 Å². The minimum absolute atomic E-state index is 0.00763. The molecule has 2 aromatic heterocycles. The zero-order valence-corrected chi connectivity index (χ0v) is 18.7. The molecule has 2 N–H and O–H groups in total. The predicted octanol–water partition coefficient (Wildman–Crippen LogP) is 1.82. The van der Waals surface area contributed by atoms with E-state index in [0.29, 0.717) is 29.2 Å². The fourth-order valence-corrected chi connectivity index (χ4v) is 6.09. The zero-order valence-electron chi connectivity index (χ0n) is 17.1. The maximum atomic E-state index is 12.9. The summed E-state index contributed by atoms with van der Waals surface area (Å²) in [6.45, 7) is 1.24. The lowest BCUT2D eigenvalue weighted by Crippen LogP contribution is -2.70. The number of oxazole rings is 1. The first-order valence-corrected chi connectivity index (χ1v) is 12.3. The van der Waals surface area contributed by atoms with Crippen molar-refractivity contribution >= 4 is 44.6 Å². The van der Waals surface area contributed by atoms with E-state index in [0.717, 1.165) is 6.42 Å². The van der Waals surface area contributed by atoms with E-state index < -0.39 is 16.1 Å². The molecule has 32 heavy (non-hydrogen) atoms. The number of amides is 1. The number of ether oxygens (including phenoxy) is 1. The quantitative estimate of drug-likeness (QED) is 0.486. The van der Waals surface area contributed by atoms with Crippen LogP contribution in [-0.4, -0.2) is 79.9 Å². The van der Waals surface area contributed by atoms with Gasteiger partial charge in [-0.2, -0.15) is 4.98 Å². The highest BCUT2D eigenvalue weighted by Crippen LogP contribution is 2.39. The predicted molar refractivity (Wildman–Crippen MR) is 116 cm³/mol. The molecule has 3 fully saturated rings. The van der Waals surface area contributed by atoms with Crippen LogP contribution in [0.15, 0.2) is 33.0 Å². The molecule has 0 radical (unpaired) electrons. The van der Waals surface area contributed by atoms with E-state index >= 15 is 0 Å². The van der Waals surface area contributed by atoms with E-state index in [-0.39, 0.29) is 41.7 Å². The van der Waals surface area contributed by atoms with Gasteiger partial charge in [-0.25, -0.2) is 22.9 Å². The average molecular weight is 480 g/mol. The van der Waals surface area contributed by atoms with Crippen molar-refractivity contribution in [2.24, 2.45) is 0 Å². The molecule has 2 unspecified atom stereocenters. The first-order valence-electron chi connectivity index (χ1n) is 9.97. The summed E-state index contributed by atoms with van der Waals surface area (Å²) in [6, 6.07) is 3.19. The molecule has 3 aliphatic heterocycles. The summed E-state index contributed by atoms with van der Waals surface area (Å²) in [4.78, 5) is 23.6. The highest BCUT2D eigenvalue weighted by molar-refractivity contribution is 7.89. The summed E-state index contributed by atoms with van der Waals surface area (Å²) < 4.78 is 39.4. The Kier molecular flexibility index (Phi) is 5.28. The third-order valence-electron chi connectivity index (χ3n) is 5.73. The Morgan fingerprint density at radius 1 is 1.38 bits per heavy atom. The van der Waals surface area contributed by atoms with Gasteiger partial charge in [0.1, 0.15) is 15.4 Å². The minimum atomic E-state index is -3.86. The van der Waals surface area contributed by atoms with E-state index in [2.05, 4.69) is 14.7 Å². The molecule has 1 aromatic carbocycles. The van der Waals surface area contributed by atoms with Crippen LogP contribution in [0.25, 0.3) is 21.7 Å². The van der Waals surface area contributed by atoms with Crippen LogP contribution >= 0.6 is 11.3 Å². The molecule has 0 saturated carbocycles. The average Bonchev–Trinajstić information content (AvgIpc) is 3.43. The first kappa shape index (κ1) is 21.1. The molecule has 170 valence electrons. The van der Waals surface area contributed by atoms with Gasteiger partial charge in [0.2, 0.25) is 10.0 Å². The number of hydrogen-bond acceptors (Lipinski definition) is 9. The van der Waals surface area contributed by atoms with Crippen molar-refractivity contribution in [3.8, 4) is 10.6 Å². The van der Waals surface area contributed by atoms with E-state index in [1.165, 1.54) is 29.4 Å². The molecule has 3 aliphatic rings. The lowest BCUT2D eigenvalue weighted by atomic mass is 9.88. The van der Waals surface area contributed by atoms with E-state index in [1.807, 2.05) is 10.3 Å². The van der Waals surface area contributed by atoms with Gasteiger partial charge in [0.15, 0.2) is 5.58 Å². The Hall–Kier alpha value is -2.74. The molecule has 3 aromatic rings.